The average Bonchev–Trinajstić information content (AvgIpc) is 3.37. The van der Waals surface area contributed by atoms with E-state index in [1.54, 1.807) is 24.4 Å². The molecule has 1 aliphatic carbocycles. The Kier molecular flexibility index (Phi) is 4.35. The van der Waals surface area contributed by atoms with E-state index in [0.29, 0.717) is 5.69 Å². The first-order valence-corrected chi connectivity index (χ1v) is 8.81. The van der Waals surface area contributed by atoms with E-state index >= 15 is 0 Å². The zero-order valence-electron chi connectivity index (χ0n) is 12.6. The molecular formula is C16H15F3N2O2S. The van der Waals surface area contributed by atoms with Gasteiger partial charge in [-0.1, -0.05) is 6.07 Å². The fourth-order valence-electron chi connectivity index (χ4n) is 2.38. The molecule has 0 unspecified atom stereocenters. The van der Waals surface area contributed by atoms with Gasteiger partial charge in [0.25, 0.3) is 0 Å². The van der Waals surface area contributed by atoms with Crippen LogP contribution in [0.25, 0.3) is 0 Å². The van der Waals surface area contributed by atoms with Crippen molar-refractivity contribution in [3.05, 3.63) is 59.9 Å². The number of halogens is 3. The molecule has 0 saturated heterocycles. The van der Waals surface area contributed by atoms with Crippen LogP contribution in [0.5, 0.6) is 0 Å². The van der Waals surface area contributed by atoms with Crippen LogP contribution >= 0.6 is 0 Å². The fraction of sp³-hybridized carbons (Fsp3) is 0.312. The number of benzene rings is 1. The third-order valence-electron chi connectivity index (χ3n) is 3.79. The molecule has 0 radical (unpaired) electrons. The zero-order valence-corrected chi connectivity index (χ0v) is 13.4. The van der Waals surface area contributed by atoms with Gasteiger partial charge in [0.2, 0.25) is 10.0 Å². The lowest BCUT2D eigenvalue weighted by atomic mass is 10.2. The predicted molar refractivity (Wildman–Crippen MR) is 81.4 cm³/mol. The van der Waals surface area contributed by atoms with Crippen LogP contribution in [0.4, 0.5) is 13.2 Å². The van der Waals surface area contributed by atoms with E-state index in [1.165, 1.54) is 4.31 Å². The smallest absolute Gasteiger partial charge is 0.260 e. The standard InChI is InChI=1S/C16H15F3N2O2S/c17-16(18,19)12-4-8-15(9-5-12)24(22,23)21(14-6-7-14)11-13-3-1-2-10-20-13/h1-5,8-10,14H,6-7,11H2. The van der Waals surface area contributed by atoms with Gasteiger partial charge in [0.15, 0.2) is 0 Å². The Balaban J connectivity index is 1.89. The molecule has 1 fully saturated rings. The minimum Gasteiger partial charge on any atom is -0.260 e. The van der Waals surface area contributed by atoms with Crippen molar-refractivity contribution in [3.63, 3.8) is 0 Å². The molecule has 0 bridgehead atoms. The van der Waals surface area contributed by atoms with Gasteiger partial charge < -0.3 is 0 Å². The van der Waals surface area contributed by atoms with Crippen LogP contribution in [0, 0.1) is 0 Å². The third-order valence-corrected chi connectivity index (χ3v) is 5.70. The second-order valence-corrected chi connectivity index (χ2v) is 7.52. The molecule has 1 saturated carbocycles. The van der Waals surface area contributed by atoms with E-state index in [2.05, 4.69) is 4.98 Å². The summed E-state index contributed by atoms with van der Waals surface area (Å²) in [6.45, 7) is 0.106. The van der Waals surface area contributed by atoms with Crippen molar-refractivity contribution in [2.45, 2.75) is 36.5 Å². The van der Waals surface area contributed by atoms with Gasteiger partial charge in [0, 0.05) is 12.2 Å². The van der Waals surface area contributed by atoms with Gasteiger partial charge in [0.1, 0.15) is 0 Å². The van der Waals surface area contributed by atoms with E-state index in [1.807, 2.05) is 0 Å². The van der Waals surface area contributed by atoms with Crippen molar-refractivity contribution < 1.29 is 21.6 Å². The molecule has 2 aromatic rings. The molecule has 1 aliphatic rings. The van der Waals surface area contributed by atoms with E-state index in [-0.39, 0.29) is 17.5 Å². The third kappa shape index (κ3) is 3.59. The van der Waals surface area contributed by atoms with Crippen LogP contribution in [0.1, 0.15) is 24.1 Å². The summed E-state index contributed by atoms with van der Waals surface area (Å²) < 4.78 is 64.8. The highest BCUT2D eigenvalue weighted by atomic mass is 32.2. The van der Waals surface area contributed by atoms with Crippen LogP contribution in [-0.2, 0) is 22.7 Å². The number of alkyl halides is 3. The van der Waals surface area contributed by atoms with Crippen molar-refractivity contribution in [2.24, 2.45) is 0 Å². The molecule has 3 rings (SSSR count). The molecule has 0 spiro atoms. The molecule has 0 amide bonds. The normalized spacial score (nSPS) is 15.7. The molecule has 4 nitrogen and oxygen atoms in total. The number of hydrogen-bond donors (Lipinski definition) is 0. The molecular weight excluding hydrogens is 341 g/mol. The highest BCUT2D eigenvalue weighted by Gasteiger charge is 2.39. The zero-order chi connectivity index (χ0) is 17.4. The summed E-state index contributed by atoms with van der Waals surface area (Å²) in [7, 11) is -3.87. The van der Waals surface area contributed by atoms with Crippen LogP contribution in [0.2, 0.25) is 0 Å². The topological polar surface area (TPSA) is 50.3 Å². The Morgan fingerprint density at radius 1 is 1.08 bits per heavy atom. The summed E-state index contributed by atoms with van der Waals surface area (Å²) in [5.74, 6) is 0. The first kappa shape index (κ1) is 16.9. The van der Waals surface area contributed by atoms with Gasteiger partial charge in [-0.3, -0.25) is 4.98 Å². The SMILES string of the molecule is O=S(=O)(c1ccc(C(F)(F)F)cc1)N(Cc1ccccn1)C1CC1. The predicted octanol–water partition coefficient (Wildman–Crippen LogP) is 3.45. The lowest BCUT2D eigenvalue weighted by molar-refractivity contribution is -0.137. The minimum atomic E-state index is -4.49. The Morgan fingerprint density at radius 3 is 2.25 bits per heavy atom. The summed E-state index contributed by atoms with van der Waals surface area (Å²) in [5.41, 5.74) is -0.274. The fourth-order valence-corrected chi connectivity index (χ4v) is 4.03. The number of sulfonamides is 1. The molecule has 24 heavy (non-hydrogen) atoms. The second kappa shape index (κ2) is 6.18. The maximum atomic E-state index is 12.8. The number of nitrogens with zero attached hydrogens (tertiary/aromatic N) is 2. The van der Waals surface area contributed by atoms with Crippen molar-refractivity contribution in [1.82, 2.24) is 9.29 Å². The van der Waals surface area contributed by atoms with Crippen molar-refractivity contribution in [2.75, 3.05) is 0 Å². The van der Waals surface area contributed by atoms with Crippen molar-refractivity contribution in [3.8, 4) is 0 Å². The molecule has 0 aliphatic heterocycles. The lowest BCUT2D eigenvalue weighted by Gasteiger charge is -2.21. The molecule has 8 heteroatoms. The molecule has 1 heterocycles. The van der Waals surface area contributed by atoms with E-state index in [0.717, 1.165) is 37.1 Å². The summed E-state index contributed by atoms with van der Waals surface area (Å²) in [5, 5.41) is 0. The first-order valence-electron chi connectivity index (χ1n) is 7.37. The maximum Gasteiger partial charge on any atom is 0.416 e. The Labute approximate surface area is 138 Å². The summed E-state index contributed by atoms with van der Waals surface area (Å²) in [4.78, 5) is 3.99. The minimum absolute atomic E-state index is 0.106. The van der Waals surface area contributed by atoms with E-state index in [4.69, 9.17) is 0 Å². The van der Waals surface area contributed by atoms with Crippen molar-refractivity contribution in [1.29, 1.82) is 0 Å². The molecule has 0 atom stereocenters. The highest BCUT2D eigenvalue weighted by Crippen LogP contribution is 2.34. The lowest BCUT2D eigenvalue weighted by Crippen LogP contribution is -2.33. The van der Waals surface area contributed by atoms with Crippen LogP contribution in [-0.4, -0.2) is 23.7 Å². The Morgan fingerprint density at radius 2 is 1.75 bits per heavy atom. The first-order chi connectivity index (χ1) is 11.3. The monoisotopic (exact) mass is 356 g/mol. The summed E-state index contributed by atoms with van der Waals surface area (Å²) in [6, 6.07) is 8.68. The van der Waals surface area contributed by atoms with Gasteiger partial charge in [0.05, 0.1) is 22.7 Å². The van der Waals surface area contributed by atoms with E-state index < -0.39 is 21.8 Å². The number of pyridine rings is 1. The van der Waals surface area contributed by atoms with Crippen LogP contribution in [0.15, 0.2) is 53.6 Å². The second-order valence-electron chi connectivity index (χ2n) is 5.62. The quantitative estimate of drug-likeness (QED) is 0.824. The average molecular weight is 356 g/mol. The van der Waals surface area contributed by atoms with Crippen LogP contribution in [0.3, 0.4) is 0 Å². The molecule has 1 aromatic heterocycles. The van der Waals surface area contributed by atoms with E-state index in [9.17, 15) is 21.6 Å². The Bertz CT molecular complexity index is 801. The Hall–Kier alpha value is -1.93. The largest absolute Gasteiger partial charge is 0.416 e. The summed E-state index contributed by atoms with van der Waals surface area (Å²) in [6.07, 6.45) is -1.43. The highest BCUT2D eigenvalue weighted by molar-refractivity contribution is 7.89. The van der Waals surface area contributed by atoms with Crippen molar-refractivity contribution >= 4 is 10.0 Å². The number of hydrogen-bond acceptors (Lipinski definition) is 3. The van der Waals surface area contributed by atoms with Gasteiger partial charge in [-0.15, -0.1) is 0 Å². The van der Waals surface area contributed by atoms with Gasteiger partial charge >= 0.3 is 6.18 Å². The van der Waals surface area contributed by atoms with Gasteiger partial charge in [-0.2, -0.15) is 17.5 Å². The molecule has 1 aromatic carbocycles. The molecule has 0 N–H and O–H groups in total. The van der Waals surface area contributed by atoms with Gasteiger partial charge in [-0.05, 0) is 49.2 Å². The maximum absolute atomic E-state index is 12.8. The molecule has 128 valence electrons. The summed E-state index contributed by atoms with van der Waals surface area (Å²) >= 11 is 0. The van der Waals surface area contributed by atoms with Gasteiger partial charge in [-0.25, -0.2) is 8.42 Å². The van der Waals surface area contributed by atoms with Crippen LogP contribution < -0.4 is 0 Å². The number of aromatic nitrogens is 1. The number of rotatable bonds is 5.